The molecule has 7 nitrogen and oxygen atoms in total. The molecule has 9 heteroatoms. The number of rotatable bonds is 7. The van der Waals surface area contributed by atoms with Crippen LogP contribution in [-0.4, -0.2) is 22.6 Å². The highest BCUT2D eigenvalue weighted by atomic mass is 32.2. The smallest absolute Gasteiger partial charge is 0.339 e. The second kappa shape index (κ2) is 8.52. The lowest BCUT2D eigenvalue weighted by molar-refractivity contribution is 0.101. The Balaban J connectivity index is 2.01. The summed E-state index contributed by atoms with van der Waals surface area (Å²) in [7, 11) is -8.52. The van der Waals surface area contributed by atoms with Crippen LogP contribution in [0.5, 0.6) is 11.5 Å². The van der Waals surface area contributed by atoms with Crippen molar-refractivity contribution in [3.05, 3.63) is 83.4 Å². The highest BCUT2D eigenvalue weighted by Gasteiger charge is 2.26. The Hall–Kier alpha value is -3.17. The number of hydrogen-bond donors (Lipinski definition) is 0. The van der Waals surface area contributed by atoms with Crippen LogP contribution in [0.3, 0.4) is 0 Å². The van der Waals surface area contributed by atoms with Crippen molar-refractivity contribution in [1.29, 1.82) is 0 Å². The molecule has 0 saturated heterocycles. The van der Waals surface area contributed by atoms with E-state index in [0.717, 1.165) is 18.1 Å². The summed E-state index contributed by atoms with van der Waals surface area (Å²) in [5.41, 5.74) is 1.43. The third-order valence-electron chi connectivity index (χ3n) is 4.36. The lowest BCUT2D eigenvalue weighted by atomic mass is 10.1. The Morgan fingerprint density at radius 1 is 0.645 bits per heavy atom. The van der Waals surface area contributed by atoms with E-state index < -0.39 is 26.0 Å². The number of Topliss-reactive ketones (excluding diaryl/α,β-unsaturated/α-hetero) is 1. The van der Waals surface area contributed by atoms with Gasteiger partial charge < -0.3 is 8.37 Å². The molecular formula is C22H20O7S2. The topological polar surface area (TPSA) is 104 Å². The predicted octanol–water partition coefficient (Wildman–Crippen LogP) is 4.04. The van der Waals surface area contributed by atoms with Gasteiger partial charge in [0.25, 0.3) is 0 Å². The molecule has 0 aliphatic heterocycles. The standard InChI is InChI=1S/C22H20O7S2/c1-15-7-11-18(12-8-15)30(24,25)28-20-5-4-6-21(22(20)17(3)23)29-31(26,27)19-13-9-16(2)10-14-19/h4-14H,1-3H3. The Labute approximate surface area is 181 Å². The Kier molecular flexibility index (Phi) is 6.19. The fourth-order valence-corrected chi connectivity index (χ4v) is 4.62. The van der Waals surface area contributed by atoms with Crippen LogP contribution in [-0.2, 0) is 20.2 Å². The van der Waals surface area contributed by atoms with Crippen LogP contribution in [0, 0.1) is 13.8 Å². The fraction of sp³-hybridized carbons (Fsp3) is 0.136. The molecule has 0 spiro atoms. The zero-order chi connectivity index (χ0) is 22.8. The SMILES string of the molecule is CC(=O)c1c(OS(=O)(=O)c2ccc(C)cc2)cccc1OS(=O)(=O)c1ccc(C)cc1. The van der Waals surface area contributed by atoms with Gasteiger partial charge in [-0.15, -0.1) is 0 Å². The van der Waals surface area contributed by atoms with Gasteiger partial charge in [0, 0.05) is 0 Å². The van der Waals surface area contributed by atoms with Crippen LogP contribution in [0.15, 0.2) is 76.5 Å². The normalized spacial score (nSPS) is 11.7. The molecule has 0 bridgehead atoms. The number of benzene rings is 3. The predicted molar refractivity (Wildman–Crippen MR) is 114 cm³/mol. The first kappa shape index (κ1) is 22.5. The first-order valence-electron chi connectivity index (χ1n) is 9.16. The summed E-state index contributed by atoms with van der Waals surface area (Å²) in [4.78, 5) is 12.1. The summed E-state index contributed by atoms with van der Waals surface area (Å²) in [6, 6.07) is 15.8. The first-order chi connectivity index (χ1) is 14.5. The van der Waals surface area contributed by atoms with Crippen molar-refractivity contribution in [1.82, 2.24) is 0 Å². The molecule has 0 atom stereocenters. The molecule has 0 amide bonds. The van der Waals surface area contributed by atoms with Crippen molar-refractivity contribution in [2.24, 2.45) is 0 Å². The molecule has 0 aliphatic rings. The lowest BCUT2D eigenvalue weighted by Crippen LogP contribution is -2.15. The summed E-state index contributed by atoms with van der Waals surface area (Å²) in [5.74, 6) is -1.28. The zero-order valence-electron chi connectivity index (χ0n) is 17.0. The maximum atomic E-state index is 12.6. The molecule has 0 radical (unpaired) electrons. The van der Waals surface area contributed by atoms with Crippen LogP contribution >= 0.6 is 0 Å². The van der Waals surface area contributed by atoms with Crippen LogP contribution in [0.4, 0.5) is 0 Å². The molecule has 0 heterocycles. The summed E-state index contributed by atoms with van der Waals surface area (Å²) in [6.45, 7) is 4.77. The van der Waals surface area contributed by atoms with Crippen LogP contribution in [0.2, 0.25) is 0 Å². The molecule has 0 saturated carbocycles. The Morgan fingerprint density at radius 3 is 1.32 bits per heavy atom. The molecule has 31 heavy (non-hydrogen) atoms. The van der Waals surface area contributed by atoms with Gasteiger partial charge in [-0.2, -0.15) is 16.8 Å². The molecule has 0 fully saturated rings. The van der Waals surface area contributed by atoms with Gasteiger partial charge in [-0.1, -0.05) is 41.5 Å². The largest absolute Gasteiger partial charge is 0.378 e. The minimum absolute atomic E-state index is 0.105. The lowest BCUT2D eigenvalue weighted by Gasteiger charge is -2.14. The number of hydrogen-bond acceptors (Lipinski definition) is 7. The highest BCUT2D eigenvalue weighted by molar-refractivity contribution is 7.87. The summed E-state index contributed by atoms with van der Waals surface area (Å²) < 4.78 is 60.9. The first-order valence-corrected chi connectivity index (χ1v) is 12.0. The van der Waals surface area contributed by atoms with Crippen molar-refractivity contribution in [3.8, 4) is 11.5 Å². The maximum Gasteiger partial charge on any atom is 0.339 e. The van der Waals surface area contributed by atoms with Crippen LogP contribution in [0.25, 0.3) is 0 Å². The molecule has 3 rings (SSSR count). The van der Waals surface area contributed by atoms with E-state index in [2.05, 4.69) is 0 Å². The minimum Gasteiger partial charge on any atom is -0.378 e. The Morgan fingerprint density at radius 2 is 1.00 bits per heavy atom. The number of ketones is 1. The van der Waals surface area contributed by atoms with Crippen molar-refractivity contribution in [2.75, 3.05) is 0 Å². The minimum atomic E-state index is -4.26. The molecular weight excluding hydrogens is 440 g/mol. The molecule has 0 aromatic heterocycles. The quantitative estimate of drug-likeness (QED) is 0.387. The van der Waals surface area contributed by atoms with Crippen molar-refractivity contribution < 1.29 is 30.0 Å². The number of aryl methyl sites for hydroxylation is 2. The second-order valence-electron chi connectivity index (χ2n) is 6.89. The summed E-state index contributed by atoms with van der Waals surface area (Å²) >= 11 is 0. The maximum absolute atomic E-state index is 12.6. The third-order valence-corrected chi connectivity index (χ3v) is 6.86. The van der Waals surface area contributed by atoms with E-state index in [9.17, 15) is 21.6 Å². The van der Waals surface area contributed by atoms with Crippen LogP contribution in [0.1, 0.15) is 28.4 Å². The van der Waals surface area contributed by atoms with Gasteiger partial charge in [0.2, 0.25) is 0 Å². The van der Waals surface area contributed by atoms with E-state index in [1.807, 2.05) is 0 Å². The molecule has 162 valence electrons. The molecule has 3 aromatic rings. The number of carbonyl (C=O) groups is 1. The van der Waals surface area contributed by atoms with Crippen molar-refractivity contribution in [2.45, 2.75) is 30.6 Å². The zero-order valence-corrected chi connectivity index (χ0v) is 18.7. The average Bonchev–Trinajstić information content (AvgIpc) is 2.68. The van der Waals surface area contributed by atoms with Gasteiger partial charge in [-0.25, -0.2) is 0 Å². The molecule has 0 aliphatic carbocycles. The fourth-order valence-electron chi connectivity index (χ4n) is 2.74. The summed E-state index contributed by atoms with van der Waals surface area (Å²) in [6.07, 6.45) is 0. The molecule has 3 aromatic carbocycles. The second-order valence-corrected chi connectivity index (χ2v) is 9.98. The van der Waals surface area contributed by atoms with Gasteiger partial charge in [-0.3, -0.25) is 4.79 Å². The summed E-state index contributed by atoms with van der Waals surface area (Å²) in [5, 5.41) is 0. The van der Waals surface area contributed by atoms with Crippen molar-refractivity contribution >= 4 is 26.0 Å². The average molecular weight is 461 g/mol. The van der Waals surface area contributed by atoms with Crippen molar-refractivity contribution in [3.63, 3.8) is 0 Å². The van der Waals surface area contributed by atoms with E-state index in [0.29, 0.717) is 0 Å². The third kappa shape index (κ3) is 5.12. The highest BCUT2D eigenvalue weighted by Crippen LogP contribution is 2.33. The monoisotopic (exact) mass is 460 g/mol. The van der Waals surface area contributed by atoms with Gasteiger partial charge in [0.15, 0.2) is 17.3 Å². The van der Waals surface area contributed by atoms with Gasteiger partial charge in [0.1, 0.15) is 15.4 Å². The molecule has 0 unspecified atom stereocenters. The van der Waals surface area contributed by atoms with E-state index in [4.69, 9.17) is 8.37 Å². The van der Waals surface area contributed by atoms with E-state index in [-0.39, 0.29) is 26.9 Å². The van der Waals surface area contributed by atoms with E-state index in [1.165, 1.54) is 42.5 Å². The van der Waals surface area contributed by atoms with Gasteiger partial charge in [0.05, 0.1) is 0 Å². The number of carbonyl (C=O) groups excluding carboxylic acids is 1. The van der Waals surface area contributed by atoms with Gasteiger partial charge in [-0.05, 0) is 57.2 Å². The van der Waals surface area contributed by atoms with Gasteiger partial charge >= 0.3 is 20.2 Å². The van der Waals surface area contributed by atoms with E-state index in [1.54, 1.807) is 38.1 Å². The Bertz CT molecular complexity index is 1230. The van der Waals surface area contributed by atoms with Crippen LogP contribution < -0.4 is 8.37 Å². The molecule has 0 N–H and O–H groups in total. The van der Waals surface area contributed by atoms with E-state index >= 15 is 0 Å².